The Kier molecular flexibility index (Phi) is 3.74. The van der Waals surface area contributed by atoms with Crippen molar-refractivity contribution in [3.05, 3.63) is 35.0 Å². The van der Waals surface area contributed by atoms with Gasteiger partial charge in [-0.15, -0.1) is 5.10 Å². The third-order valence-electron chi connectivity index (χ3n) is 3.71. The molecule has 0 fully saturated rings. The van der Waals surface area contributed by atoms with Crippen molar-refractivity contribution in [2.24, 2.45) is 5.92 Å². The number of amides is 1. The first kappa shape index (κ1) is 13.8. The van der Waals surface area contributed by atoms with Gasteiger partial charge in [0.05, 0.1) is 36.4 Å². The van der Waals surface area contributed by atoms with Crippen LogP contribution in [0.2, 0.25) is 0 Å². The fraction of sp³-hybridized carbons (Fsp3) is 0.500. The molecule has 112 valence electrons. The second-order valence-corrected chi connectivity index (χ2v) is 5.29. The van der Waals surface area contributed by atoms with Crippen LogP contribution >= 0.6 is 0 Å². The molecule has 1 unspecified atom stereocenters. The number of nitrogens with zero attached hydrogens (tertiary/aromatic N) is 3. The normalized spacial score (nSPS) is 18.1. The van der Waals surface area contributed by atoms with Gasteiger partial charge in [-0.05, 0) is 19.9 Å². The molecule has 0 saturated heterocycles. The number of ether oxygens (including phenoxy) is 1. The van der Waals surface area contributed by atoms with Crippen molar-refractivity contribution in [3.63, 3.8) is 0 Å². The van der Waals surface area contributed by atoms with Crippen molar-refractivity contribution in [1.29, 1.82) is 0 Å². The Morgan fingerprint density at radius 2 is 2.38 bits per heavy atom. The van der Waals surface area contributed by atoms with Gasteiger partial charge in [-0.2, -0.15) is 0 Å². The van der Waals surface area contributed by atoms with Gasteiger partial charge in [-0.25, -0.2) is 4.68 Å². The van der Waals surface area contributed by atoms with Crippen molar-refractivity contribution in [2.45, 2.75) is 27.0 Å². The Labute approximate surface area is 122 Å². The average Bonchev–Trinajstić information content (AvgIpc) is 2.96. The summed E-state index contributed by atoms with van der Waals surface area (Å²) < 4.78 is 12.7. The van der Waals surface area contributed by atoms with Gasteiger partial charge in [0.1, 0.15) is 5.76 Å². The molecule has 3 rings (SSSR count). The van der Waals surface area contributed by atoms with Crippen LogP contribution in [0.1, 0.15) is 27.5 Å². The topological polar surface area (TPSA) is 82.2 Å². The van der Waals surface area contributed by atoms with Gasteiger partial charge in [0.15, 0.2) is 0 Å². The fourth-order valence-electron chi connectivity index (χ4n) is 2.44. The molecule has 2 aromatic heterocycles. The summed E-state index contributed by atoms with van der Waals surface area (Å²) in [5.74, 6) is 0.669. The number of furan rings is 1. The van der Waals surface area contributed by atoms with Crippen LogP contribution in [0.5, 0.6) is 0 Å². The number of hydrogen-bond donors (Lipinski definition) is 1. The summed E-state index contributed by atoms with van der Waals surface area (Å²) in [7, 11) is 0. The molecular weight excluding hydrogens is 272 g/mol. The lowest BCUT2D eigenvalue weighted by Gasteiger charge is -2.14. The van der Waals surface area contributed by atoms with Crippen LogP contribution in [0, 0.1) is 19.8 Å². The lowest BCUT2D eigenvalue weighted by molar-refractivity contribution is 0.0849. The summed E-state index contributed by atoms with van der Waals surface area (Å²) in [5, 5.41) is 11.1. The minimum atomic E-state index is -0.125. The van der Waals surface area contributed by atoms with E-state index in [0.717, 1.165) is 11.4 Å². The molecule has 0 aliphatic carbocycles. The zero-order valence-corrected chi connectivity index (χ0v) is 12.1. The fourth-order valence-corrected chi connectivity index (χ4v) is 2.44. The van der Waals surface area contributed by atoms with E-state index < -0.39 is 0 Å². The Morgan fingerprint density at radius 1 is 1.52 bits per heavy atom. The maximum atomic E-state index is 12.1. The molecule has 1 amide bonds. The summed E-state index contributed by atoms with van der Waals surface area (Å²) in [5.41, 5.74) is 2.48. The smallest absolute Gasteiger partial charge is 0.254 e. The van der Waals surface area contributed by atoms with E-state index in [9.17, 15) is 4.79 Å². The summed E-state index contributed by atoms with van der Waals surface area (Å²) >= 11 is 0. The van der Waals surface area contributed by atoms with E-state index >= 15 is 0 Å². The van der Waals surface area contributed by atoms with Crippen LogP contribution in [0.3, 0.4) is 0 Å². The molecular formula is C14H18N4O3. The first-order valence-corrected chi connectivity index (χ1v) is 6.94. The van der Waals surface area contributed by atoms with Crippen LogP contribution in [-0.2, 0) is 17.9 Å². The second-order valence-electron chi connectivity index (χ2n) is 5.29. The van der Waals surface area contributed by atoms with Gasteiger partial charge in [0.2, 0.25) is 0 Å². The zero-order chi connectivity index (χ0) is 14.8. The van der Waals surface area contributed by atoms with Crippen molar-refractivity contribution < 1.29 is 13.9 Å². The van der Waals surface area contributed by atoms with E-state index in [4.69, 9.17) is 9.15 Å². The molecule has 1 N–H and O–H groups in total. The largest absolute Gasteiger partial charge is 0.469 e. The molecule has 7 nitrogen and oxygen atoms in total. The van der Waals surface area contributed by atoms with Gasteiger partial charge in [0, 0.05) is 19.0 Å². The van der Waals surface area contributed by atoms with E-state index in [1.165, 1.54) is 6.26 Å². The third-order valence-corrected chi connectivity index (χ3v) is 3.71. The molecule has 0 bridgehead atoms. The van der Waals surface area contributed by atoms with Gasteiger partial charge in [0.25, 0.3) is 5.91 Å². The molecule has 3 heterocycles. The predicted octanol–water partition coefficient (Wildman–Crippen LogP) is 1.06. The minimum absolute atomic E-state index is 0.125. The highest BCUT2D eigenvalue weighted by Gasteiger charge is 2.21. The highest BCUT2D eigenvalue weighted by Crippen LogP contribution is 2.15. The van der Waals surface area contributed by atoms with E-state index in [-0.39, 0.29) is 11.8 Å². The molecule has 7 heteroatoms. The van der Waals surface area contributed by atoms with Crippen molar-refractivity contribution in [3.8, 4) is 0 Å². The molecule has 1 aliphatic heterocycles. The zero-order valence-electron chi connectivity index (χ0n) is 12.1. The van der Waals surface area contributed by atoms with Gasteiger partial charge in [-0.1, -0.05) is 5.21 Å². The highest BCUT2D eigenvalue weighted by molar-refractivity contribution is 5.95. The number of nitrogens with one attached hydrogen (secondary N) is 1. The number of hydrogen-bond acceptors (Lipinski definition) is 5. The maximum absolute atomic E-state index is 12.1. The monoisotopic (exact) mass is 290 g/mol. The quantitative estimate of drug-likeness (QED) is 0.914. The first-order valence-electron chi connectivity index (χ1n) is 6.94. The number of carbonyl (C=O) groups is 1. The van der Waals surface area contributed by atoms with Crippen LogP contribution in [0.4, 0.5) is 0 Å². The molecule has 0 saturated carbocycles. The maximum Gasteiger partial charge on any atom is 0.254 e. The Balaban J connectivity index is 1.61. The van der Waals surface area contributed by atoms with Crippen LogP contribution in [-0.4, -0.2) is 34.1 Å². The number of carbonyl (C=O) groups excluding carboxylic acids is 1. The lowest BCUT2D eigenvalue weighted by Crippen LogP contribution is -2.33. The predicted molar refractivity (Wildman–Crippen MR) is 73.7 cm³/mol. The Hall–Kier alpha value is -2.15. The Morgan fingerprint density at radius 3 is 3.14 bits per heavy atom. The van der Waals surface area contributed by atoms with Crippen molar-refractivity contribution >= 4 is 5.91 Å². The van der Waals surface area contributed by atoms with Crippen molar-refractivity contribution in [1.82, 2.24) is 20.3 Å². The summed E-state index contributed by atoms with van der Waals surface area (Å²) in [6, 6.07) is 1.67. The number of aryl methyl sites for hydroxylation is 2. The van der Waals surface area contributed by atoms with Crippen LogP contribution < -0.4 is 5.32 Å². The minimum Gasteiger partial charge on any atom is -0.469 e. The Bertz CT molecular complexity index is 646. The standard InChI is InChI=1S/C14H18N4O3/c1-9-13-8-20-7-11(6-18(13)17-16-9)5-15-14(19)12-3-4-21-10(12)2/h3-4,11H,5-8H2,1-2H3,(H,15,19). The molecule has 2 aromatic rings. The average molecular weight is 290 g/mol. The molecule has 1 atom stereocenters. The van der Waals surface area contributed by atoms with Crippen LogP contribution in [0.15, 0.2) is 16.7 Å². The van der Waals surface area contributed by atoms with Crippen LogP contribution in [0.25, 0.3) is 0 Å². The van der Waals surface area contributed by atoms with Gasteiger partial charge >= 0.3 is 0 Å². The summed E-state index contributed by atoms with van der Waals surface area (Å²) in [4.78, 5) is 12.1. The highest BCUT2D eigenvalue weighted by atomic mass is 16.5. The van der Waals surface area contributed by atoms with Gasteiger partial charge in [-0.3, -0.25) is 4.79 Å². The lowest BCUT2D eigenvalue weighted by atomic mass is 10.1. The van der Waals surface area contributed by atoms with E-state index in [2.05, 4.69) is 15.6 Å². The molecule has 0 radical (unpaired) electrons. The number of fused-ring (bicyclic) bond motifs is 1. The van der Waals surface area contributed by atoms with E-state index in [0.29, 0.717) is 37.6 Å². The van der Waals surface area contributed by atoms with E-state index in [1.807, 2.05) is 11.6 Å². The van der Waals surface area contributed by atoms with Crippen molar-refractivity contribution in [2.75, 3.05) is 13.2 Å². The first-order chi connectivity index (χ1) is 10.1. The van der Waals surface area contributed by atoms with E-state index in [1.54, 1.807) is 13.0 Å². The molecule has 21 heavy (non-hydrogen) atoms. The molecule has 1 aliphatic rings. The summed E-state index contributed by atoms with van der Waals surface area (Å²) in [6.07, 6.45) is 1.52. The SMILES string of the molecule is Cc1nnn2c1COCC(CNC(=O)c1ccoc1C)C2. The third kappa shape index (κ3) is 2.82. The molecule has 0 aromatic carbocycles. The van der Waals surface area contributed by atoms with Gasteiger partial charge < -0.3 is 14.5 Å². The summed E-state index contributed by atoms with van der Waals surface area (Å²) in [6.45, 7) is 6.03. The second kappa shape index (κ2) is 5.69. The number of aromatic nitrogens is 3. The number of rotatable bonds is 3. The molecule has 0 spiro atoms.